The molecule has 0 radical (unpaired) electrons. The molecule has 0 aliphatic carbocycles. The summed E-state index contributed by atoms with van der Waals surface area (Å²) >= 11 is 0. The molecule has 0 unspecified atom stereocenters. The second-order valence-corrected chi connectivity index (χ2v) is 15.1. The number of imidazole rings is 1. The van der Waals surface area contributed by atoms with Crippen LogP contribution in [0.3, 0.4) is 0 Å². The highest BCUT2D eigenvalue weighted by Crippen LogP contribution is 2.45. The van der Waals surface area contributed by atoms with Crippen LogP contribution in [-0.2, 0) is 0 Å². The summed E-state index contributed by atoms with van der Waals surface area (Å²) in [5.41, 5.74) is 12.5. The van der Waals surface area contributed by atoms with E-state index in [1.54, 1.807) is 0 Å². The Hall–Kier alpha value is -7.75. The van der Waals surface area contributed by atoms with E-state index in [1.165, 1.54) is 70.8 Å². The van der Waals surface area contributed by atoms with Crippen molar-refractivity contribution in [1.29, 1.82) is 0 Å². The summed E-state index contributed by atoms with van der Waals surface area (Å²) in [7, 11) is 0. The normalized spacial score (nSPS) is 11.8. The average Bonchev–Trinajstić information content (AvgIpc) is 3.86. The number of fused-ring (bicyclic) bond motifs is 10. The van der Waals surface area contributed by atoms with Gasteiger partial charge in [-0.25, -0.2) is 4.98 Å². The van der Waals surface area contributed by atoms with E-state index in [2.05, 4.69) is 221 Å². The molecule has 2 aromatic heterocycles. The lowest BCUT2D eigenvalue weighted by molar-refractivity contribution is 1.10. The lowest BCUT2D eigenvalue weighted by Gasteiger charge is -2.18. The van der Waals surface area contributed by atoms with Gasteiger partial charge >= 0.3 is 0 Å². The fraction of sp³-hybridized carbons (Fsp3) is 0. The molecule has 0 atom stereocenters. The van der Waals surface area contributed by atoms with Crippen molar-refractivity contribution >= 4 is 65.2 Å². The Kier molecular flexibility index (Phi) is 7.23. The van der Waals surface area contributed by atoms with Crippen molar-refractivity contribution in [2.75, 3.05) is 0 Å². The largest absolute Gasteiger partial charge is 0.309 e. The van der Waals surface area contributed by atoms with Gasteiger partial charge in [0.1, 0.15) is 5.82 Å². The number of aromatic nitrogens is 3. The van der Waals surface area contributed by atoms with Gasteiger partial charge in [0.25, 0.3) is 0 Å². The number of benzene rings is 10. The van der Waals surface area contributed by atoms with E-state index in [-0.39, 0.29) is 0 Å². The minimum Gasteiger partial charge on any atom is -0.309 e. The van der Waals surface area contributed by atoms with Crippen LogP contribution < -0.4 is 0 Å². The lowest BCUT2D eigenvalue weighted by atomic mass is 9.88. The molecule has 0 N–H and O–H groups in total. The van der Waals surface area contributed by atoms with Gasteiger partial charge in [-0.15, -0.1) is 0 Å². The summed E-state index contributed by atoms with van der Waals surface area (Å²) in [5, 5.41) is 9.98. The Morgan fingerprint density at radius 2 is 0.862 bits per heavy atom. The van der Waals surface area contributed by atoms with E-state index in [9.17, 15) is 0 Å². The molecule has 0 aliphatic heterocycles. The summed E-state index contributed by atoms with van der Waals surface area (Å²) in [4.78, 5) is 5.27. The molecule has 0 aliphatic rings. The van der Waals surface area contributed by atoms with E-state index in [0.717, 1.165) is 39.4 Å². The molecule has 270 valence electrons. The van der Waals surface area contributed by atoms with Crippen LogP contribution in [0, 0.1) is 0 Å². The highest BCUT2D eigenvalue weighted by Gasteiger charge is 2.21. The van der Waals surface area contributed by atoms with E-state index in [0.29, 0.717) is 0 Å². The first kappa shape index (κ1) is 32.5. The van der Waals surface area contributed by atoms with Crippen LogP contribution in [0.4, 0.5) is 0 Å². The van der Waals surface area contributed by atoms with Gasteiger partial charge < -0.3 is 4.57 Å². The van der Waals surface area contributed by atoms with Crippen LogP contribution in [0.2, 0.25) is 0 Å². The van der Waals surface area contributed by atoms with Crippen LogP contribution in [0.5, 0.6) is 0 Å². The number of nitrogens with zero attached hydrogens (tertiary/aromatic N) is 3. The maximum absolute atomic E-state index is 5.27. The van der Waals surface area contributed by atoms with Gasteiger partial charge in [-0.05, 0) is 109 Å². The molecule has 0 bridgehead atoms. The molecule has 12 rings (SSSR count). The second kappa shape index (κ2) is 12.9. The predicted molar refractivity (Wildman–Crippen MR) is 244 cm³/mol. The SMILES string of the molecule is c1ccc(-c2cccc3c2c2ccccc2n3-c2cc(-c3cccc(-c4nc5ccccc5n4-c4ccccc4)c3)c3c4ccccc4c4ccccc4c3c2)cc1. The topological polar surface area (TPSA) is 22.8 Å². The Bertz CT molecular complexity index is 3560. The molecule has 0 saturated carbocycles. The highest BCUT2D eigenvalue weighted by molar-refractivity contribution is 6.29. The Morgan fingerprint density at radius 1 is 0.293 bits per heavy atom. The predicted octanol–water partition coefficient (Wildman–Crippen LogP) is 14.6. The highest BCUT2D eigenvalue weighted by atomic mass is 15.1. The molecular weight excluding hydrogens is 703 g/mol. The third-order valence-corrected chi connectivity index (χ3v) is 11.9. The van der Waals surface area contributed by atoms with Crippen molar-refractivity contribution in [2.45, 2.75) is 0 Å². The fourth-order valence-corrected chi connectivity index (χ4v) is 9.41. The van der Waals surface area contributed by atoms with Gasteiger partial charge in [0, 0.05) is 27.7 Å². The molecule has 10 aromatic carbocycles. The van der Waals surface area contributed by atoms with Crippen LogP contribution >= 0.6 is 0 Å². The molecule has 0 amide bonds. The van der Waals surface area contributed by atoms with Crippen LogP contribution in [0.1, 0.15) is 0 Å². The number of rotatable bonds is 5. The average molecular weight is 738 g/mol. The van der Waals surface area contributed by atoms with Crippen LogP contribution in [0.25, 0.3) is 110 Å². The zero-order valence-electron chi connectivity index (χ0n) is 31.5. The summed E-state index contributed by atoms with van der Waals surface area (Å²) in [6, 6.07) is 76.9. The lowest BCUT2D eigenvalue weighted by Crippen LogP contribution is -1.98. The van der Waals surface area contributed by atoms with Crippen molar-refractivity contribution in [3.63, 3.8) is 0 Å². The quantitative estimate of drug-likeness (QED) is 0.161. The number of hydrogen-bond acceptors (Lipinski definition) is 1. The summed E-state index contributed by atoms with van der Waals surface area (Å²) in [5.74, 6) is 0.917. The zero-order valence-corrected chi connectivity index (χ0v) is 31.5. The molecule has 2 heterocycles. The zero-order chi connectivity index (χ0) is 38.2. The molecule has 12 aromatic rings. The van der Waals surface area contributed by atoms with Gasteiger partial charge in [0.05, 0.1) is 22.1 Å². The molecule has 0 spiro atoms. The second-order valence-electron chi connectivity index (χ2n) is 15.1. The first-order chi connectivity index (χ1) is 28.8. The number of hydrogen-bond donors (Lipinski definition) is 0. The standard InChI is InChI=1S/C55H35N3/c1-3-17-36(18-4-1)41-28-16-32-52-54(41)46-27-11-13-30-50(46)57(52)40-34-47(53-45-26-10-9-24-43(45)42-23-7-8-25-44(42)48(53)35-40)37-19-15-20-38(33-37)55-56-49-29-12-14-31-51(49)58(55)39-21-5-2-6-22-39/h1-35H. The monoisotopic (exact) mass is 737 g/mol. The van der Waals surface area contributed by atoms with Gasteiger partial charge in [0.15, 0.2) is 0 Å². The van der Waals surface area contributed by atoms with Crippen LogP contribution in [-0.4, -0.2) is 14.1 Å². The third kappa shape index (κ3) is 4.90. The Morgan fingerprint density at radius 3 is 1.66 bits per heavy atom. The molecule has 0 saturated heterocycles. The van der Waals surface area contributed by atoms with Crippen molar-refractivity contribution in [2.24, 2.45) is 0 Å². The maximum Gasteiger partial charge on any atom is 0.145 e. The third-order valence-electron chi connectivity index (χ3n) is 11.9. The fourth-order valence-electron chi connectivity index (χ4n) is 9.41. The Balaban J connectivity index is 1.19. The van der Waals surface area contributed by atoms with Crippen molar-refractivity contribution in [3.8, 4) is 45.0 Å². The molecule has 3 nitrogen and oxygen atoms in total. The number of para-hydroxylation sites is 4. The van der Waals surface area contributed by atoms with Gasteiger partial charge in [-0.3, -0.25) is 4.57 Å². The smallest absolute Gasteiger partial charge is 0.145 e. The molecule has 3 heteroatoms. The van der Waals surface area contributed by atoms with Crippen LogP contribution in [0.15, 0.2) is 212 Å². The minimum absolute atomic E-state index is 0.917. The molecule has 58 heavy (non-hydrogen) atoms. The van der Waals surface area contributed by atoms with E-state index >= 15 is 0 Å². The van der Waals surface area contributed by atoms with E-state index < -0.39 is 0 Å². The van der Waals surface area contributed by atoms with Crippen molar-refractivity contribution < 1.29 is 0 Å². The van der Waals surface area contributed by atoms with E-state index in [1.807, 2.05) is 0 Å². The minimum atomic E-state index is 0.917. The summed E-state index contributed by atoms with van der Waals surface area (Å²) < 4.78 is 4.76. The summed E-state index contributed by atoms with van der Waals surface area (Å²) in [6.45, 7) is 0. The van der Waals surface area contributed by atoms with Crippen molar-refractivity contribution in [3.05, 3.63) is 212 Å². The van der Waals surface area contributed by atoms with Gasteiger partial charge in [-0.2, -0.15) is 0 Å². The summed E-state index contributed by atoms with van der Waals surface area (Å²) in [6.07, 6.45) is 0. The first-order valence-electron chi connectivity index (χ1n) is 19.9. The van der Waals surface area contributed by atoms with Crippen molar-refractivity contribution in [1.82, 2.24) is 14.1 Å². The molecule has 0 fully saturated rings. The first-order valence-corrected chi connectivity index (χ1v) is 19.9. The van der Waals surface area contributed by atoms with Gasteiger partial charge in [0.2, 0.25) is 0 Å². The Labute approximate surface area is 335 Å². The molecular formula is C55H35N3. The van der Waals surface area contributed by atoms with Gasteiger partial charge in [-0.1, -0.05) is 158 Å². The maximum atomic E-state index is 5.27. The van der Waals surface area contributed by atoms with E-state index in [4.69, 9.17) is 4.98 Å².